The Bertz CT molecular complexity index is 999. The predicted octanol–water partition coefficient (Wildman–Crippen LogP) is 5.12. The average Bonchev–Trinajstić information content (AvgIpc) is 2.71. The van der Waals surface area contributed by atoms with Crippen LogP contribution < -0.4 is 15.4 Å². The number of ether oxygens (including phenoxy) is 1. The van der Waals surface area contributed by atoms with E-state index in [1.54, 1.807) is 42.5 Å². The summed E-state index contributed by atoms with van der Waals surface area (Å²) in [6, 6.07) is 18.9. The van der Waals surface area contributed by atoms with Crippen molar-refractivity contribution in [3.8, 4) is 5.75 Å². The molecule has 5 nitrogen and oxygen atoms in total. The zero-order valence-corrected chi connectivity index (χ0v) is 16.1. The molecule has 2 amide bonds. The number of amides is 2. The zero-order chi connectivity index (χ0) is 20.8. The van der Waals surface area contributed by atoms with Gasteiger partial charge in [-0.2, -0.15) is 0 Å². The third kappa shape index (κ3) is 5.65. The molecule has 3 rings (SSSR count). The molecule has 0 saturated heterocycles. The topological polar surface area (TPSA) is 67.4 Å². The summed E-state index contributed by atoms with van der Waals surface area (Å²) in [5.74, 6) is -0.386. The van der Waals surface area contributed by atoms with Crippen LogP contribution in [-0.2, 0) is 0 Å². The maximum atomic E-state index is 13.0. The molecule has 2 N–H and O–H groups in total. The van der Waals surface area contributed by atoms with E-state index in [1.807, 2.05) is 13.8 Å². The van der Waals surface area contributed by atoms with E-state index >= 15 is 0 Å². The fourth-order valence-corrected chi connectivity index (χ4v) is 2.63. The molecule has 29 heavy (non-hydrogen) atoms. The summed E-state index contributed by atoms with van der Waals surface area (Å²) >= 11 is 0. The quantitative estimate of drug-likeness (QED) is 0.612. The minimum absolute atomic E-state index is 0.0687. The maximum Gasteiger partial charge on any atom is 0.255 e. The first kappa shape index (κ1) is 20.1. The highest BCUT2D eigenvalue weighted by Crippen LogP contribution is 2.18. The lowest BCUT2D eigenvalue weighted by Gasteiger charge is -2.11. The molecule has 0 unspecified atom stereocenters. The van der Waals surface area contributed by atoms with E-state index in [2.05, 4.69) is 10.6 Å². The van der Waals surface area contributed by atoms with Crippen LogP contribution in [0.4, 0.5) is 15.8 Å². The van der Waals surface area contributed by atoms with Gasteiger partial charge >= 0.3 is 0 Å². The van der Waals surface area contributed by atoms with Gasteiger partial charge in [0.25, 0.3) is 11.8 Å². The summed E-state index contributed by atoms with van der Waals surface area (Å²) in [7, 11) is 0. The molecule has 0 bridgehead atoms. The highest BCUT2D eigenvalue weighted by molar-refractivity contribution is 6.08. The minimum atomic E-state index is -0.388. The number of hydrogen-bond donors (Lipinski definition) is 2. The number of hydrogen-bond acceptors (Lipinski definition) is 3. The first-order chi connectivity index (χ1) is 13.9. The normalized spacial score (nSPS) is 10.5. The van der Waals surface area contributed by atoms with Crippen LogP contribution in [0, 0.1) is 5.82 Å². The maximum absolute atomic E-state index is 13.0. The van der Waals surface area contributed by atoms with Crippen molar-refractivity contribution >= 4 is 23.2 Å². The van der Waals surface area contributed by atoms with Gasteiger partial charge in [0, 0.05) is 22.5 Å². The second-order valence-corrected chi connectivity index (χ2v) is 6.69. The summed E-state index contributed by atoms with van der Waals surface area (Å²) in [6.07, 6.45) is 0.0687. The van der Waals surface area contributed by atoms with E-state index in [9.17, 15) is 14.0 Å². The van der Waals surface area contributed by atoms with Gasteiger partial charge in [-0.05, 0) is 80.6 Å². The van der Waals surface area contributed by atoms with Crippen molar-refractivity contribution in [1.29, 1.82) is 0 Å². The van der Waals surface area contributed by atoms with E-state index in [0.29, 0.717) is 22.5 Å². The number of nitrogens with one attached hydrogen (secondary N) is 2. The second-order valence-electron chi connectivity index (χ2n) is 6.69. The molecule has 0 aliphatic rings. The van der Waals surface area contributed by atoms with E-state index in [0.717, 1.165) is 5.75 Å². The third-order valence-corrected chi connectivity index (χ3v) is 3.97. The summed E-state index contributed by atoms with van der Waals surface area (Å²) in [6.45, 7) is 3.88. The molecule has 0 spiro atoms. The molecule has 0 radical (unpaired) electrons. The molecule has 0 aromatic heterocycles. The van der Waals surface area contributed by atoms with Crippen molar-refractivity contribution in [2.24, 2.45) is 0 Å². The van der Waals surface area contributed by atoms with E-state index in [1.165, 1.54) is 30.3 Å². The first-order valence-corrected chi connectivity index (χ1v) is 9.16. The molecule has 148 valence electrons. The number of carbonyl (C=O) groups excluding carboxylic acids is 2. The van der Waals surface area contributed by atoms with Gasteiger partial charge in [0.2, 0.25) is 0 Å². The zero-order valence-electron chi connectivity index (χ0n) is 16.1. The van der Waals surface area contributed by atoms with Crippen LogP contribution in [0.15, 0.2) is 72.8 Å². The summed E-state index contributed by atoms with van der Waals surface area (Å²) in [5.41, 5.74) is 1.75. The summed E-state index contributed by atoms with van der Waals surface area (Å²) in [4.78, 5) is 24.9. The largest absolute Gasteiger partial charge is 0.491 e. The Morgan fingerprint density at radius 2 is 1.28 bits per heavy atom. The summed E-state index contributed by atoms with van der Waals surface area (Å²) in [5, 5.41) is 5.46. The lowest BCUT2D eigenvalue weighted by atomic mass is 10.1. The minimum Gasteiger partial charge on any atom is -0.491 e. The number of benzene rings is 3. The number of carbonyl (C=O) groups is 2. The van der Waals surface area contributed by atoms with Crippen LogP contribution in [0.5, 0.6) is 5.75 Å². The Labute approximate surface area is 168 Å². The predicted molar refractivity (Wildman–Crippen MR) is 111 cm³/mol. The van der Waals surface area contributed by atoms with Gasteiger partial charge in [0.15, 0.2) is 0 Å². The van der Waals surface area contributed by atoms with Crippen LogP contribution in [0.25, 0.3) is 0 Å². The molecule has 6 heteroatoms. The Morgan fingerprint density at radius 3 is 1.76 bits per heavy atom. The molecular formula is C23H21FN2O3. The molecule has 0 saturated carbocycles. The van der Waals surface area contributed by atoms with E-state index in [-0.39, 0.29) is 23.7 Å². The van der Waals surface area contributed by atoms with Crippen LogP contribution in [0.2, 0.25) is 0 Å². The molecule has 3 aromatic carbocycles. The van der Waals surface area contributed by atoms with Gasteiger partial charge in [-0.1, -0.05) is 6.07 Å². The van der Waals surface area contributed by atoms with Crippen molar-refractivity contribution in [1.82, 2.24) is 0 Å². The Hall–Kier alpha value is -3.67. The molecule has 0 heterocycles. The van der Waals surface area contributed by atoms with Crippen molar-refractivity contribution in [3.05, 3.63) is 89.7 Å². The highest BCUT2D eigenvalue weighted by Gasteiger charge is 2.11. The van der Waals surface area contributed by atoms with Crippen molar-refractivity contribution in [2.45, 2.75) is 20.0 Å². The standard InChI is InChI=1S/C23H21FN2O3/c1-15(2)29-21-12-10-20(11-13-21)26-23(28)17-5-3-4-16(14-17)22(27)25-19-8-6-18(24)7-9-19/h3-15H,1-2H3,(H,25,27)(H,26,28). The monoisotopic (exact) mass is 392 g/mol. The fourth-order valence-electron chi connectivity index (χ4n) is 2.63. The average molecular weight is 392 g/mol. The van der Waals surface area contributed by atoms with Gasteiger partial charge in [0.05, 0.1) is 6.10 Å². The van der Waals surface area contributed by atoms with E-state index in [4.69, 9.17) is 4.74 Å². The van der Waals surface area contributed by atoms with Gasteiger partial charge < -0.3 is 15.4 Å². The Kier molecular flexibility index (Phi) is 6.24. The number of anilines is 2. The van der Waals surface area contributed by atoms with Gasteiger partial charge in [-0.15, -0.1) is 0 Å². The second kappa shape index (κ2) is 9.01. The smallest absolute Gasteiger partial charge is 0.255 e. The first-order valence-electron chi connectivity index (χ1n) is 9.16. The fraction of sp³-hybridized carbons (Fsp3) is 0.130. The van der Waals surface area contributed by atoms with Crippen molar-refractivity contribution in [2.75, 3.05) is 10.6 Å². The molecule has 0 atom stereocenters. The Morgan fingerprint density at radius 1 is 0.793 bits per heavy atom. The van der Waals surface area contributed by atoms with Gasteiger partial charge in [-0.3, -0.25) is 9.59 Å². The molecule has 0 aliphatic heterocycles. The SMILES string of the molecule is CC(C)Oc1ccc(NC(=O)c2cccc(C(=O)Nc3ccc(F)cc3)c2)cc1. The highest BCUT2D eigenvalue weighted by atomic mass is 19.1. The number of halogens is 1. The Balaban J connectivity index is 1.67. The lowest BCUT2D eigenvalue weighted by molar-refractivity contribution is 0.102. The van der Waals surface area contributed by atoms with E-state index < -0.39 is 0 Å². The lowest BCUT2D eigenvalue weighted by Crippen LogP contribution is -2.15. The van der Waals surface area contributed by atoms with Crippen LogP contribution in [0.1, 0.15) is 34.6 Å². The molecular weight excluding hydrogens is 371 g/mol. The third-order valence-electron chi connectivity index (χ3n) is 3.97. The summed E-state index contributed by atoms with van der Waals surface area (Å²) < 4.78 is 18.6. The molecule has 0 fully saturated rings. The van der Waals surface area contributed by atoms with Gasteiger partial charge in [-0.25, -0.2) is 4.39 Å². The van der Waals surface area contributed by atoms with Crippen molar-refractivity contribution in [3.63, 3.8) is 0 Å². The van der Waals surface area contributed by atoms with Crippen LogP contribution in [-0.4, -0.2) is 17.9 Å². The van der Waals surface area contributed by atoms with Crippen molar-refractivity contribution < 1.29 is 18.7 Å². The van der Waals surface area contributed by atoms with Crippen LogP contribution >= 0.6 is 0 Å². The van der Waals surface area contributed by atoms with Crippen LogP contribution in [0.3, 0.4) is 0 Å². The molecule has 0 aliphatic carbocycles. The molecule has 3 aromatic rings. The van der Waals surface area contributed by atoms with Gasteiger partial charge in [0.1, 0.15) is 11.6 Å². The number of rotatable bonds is 6.